The molecule has 0 saturated carbocycles. The standard InChI is InChI=1S/C14H21NO/c1-4-14(16)15-10-11(2)12(3)13-8-6-5-7-9-13/h5-9,11-12H,4,10H2,1-3H3,(H,15,16)/t11-,12?/m0/s1. The Bertz CT molecular complexity index is 321. The van der Waals surface area contributed by atoms with Gasteiger partial charge in [0, 0.05) is 13.0 Å². The summed E-state index contributed by atoms with van der Waals surface area (Å²) in [6.45, 7) is 7.01. The maximum absolute atomic E-state index is 11.2. The van der Waals surface area contributed by atoms with Crippen LogP contribution in [-0.2, 0) is 4.79 Å². The smallest absolute Gasteiger partial charge is 0.219 e. The number of rotatable bonds is 5. The predicted molar refractivity (Wildman–Crippen MR) is 67.3 cm³/mol. The monoisotopic (exact) mass is 219 g/mol. The third-order valence-corrected chi connectivity index (χ3v) is 3.12. The zero-order chi connectivity index (χ0) is 12.0. The summed E-state index contributed by atoms with van der Waals surface area (Å²) >= 11 is 0. The second-order valence-electron chi connectivity index (χ2n) is 4.33. The zero-order valence-corrected chi connectivity index (χ0v) is 10.4. The normalized spacial score (nSPS) is 14.2. The fourth-order valence-corrected chi connectivity index (χ4v) is 1.66. The van der Waals surface area contributed by atoms with E-state index < -0.39 is 0 Å². The first-order chi connectivity index (χ1) is 7.65. The van der Waals surface area contributed by atoms with Crippen LogP contribution in [0.4, 0.5) is 0 Å². The number of carbonyl (C=O) groups excluding carboxylic acids is 1. The molecule has 1 aromatic carbocycles. The fraction of sp³-hybridized carbons (Fsp3) is 0.500. The van der Waals surface area contributed by atoms with Crippen molar-refractivity contribution < 1.29 is 4.79 Å². The van der Waals surface area contributed by atoms with Gasteiger partial charge in [-0.1, -0.05) is 51.1 Å². The molecule has 0 spiro atoms. The van der Waals surface area contributed by atoms with Crippen molar-refractivity contribution in [3.05, 3.63) is 35.9 Å². The maximum Gasteiger partial charge on any atom is 0.219 e. The van der Waals surface area contributed by atoms with Gasteiger partial charge in [0.15, 0.2) is 0 Å². The van der Waals surface area contributed by atoms with Crippen molar-refractivity contribution in [3.8, 4) is 0 Å². The molecule has 2 heteroatoms. The van der Waals surface area contributed by atoms with Gasteiger partial charge in [0.1, 0.15) is 0 Å². The van der Waals surface area contributed by atoms with Crippen molar-refractivity contribution >= 4 is 5.91 Å². The average Bonchev–Trinajstić information content (AvgIpc) is 2.35. The van der Waals surface area contributed by atoms with Crippen LogP contribution in [0.5, 0.6) is 0 Å². The van der Waals surface area contributed by atoms with Crippen LogP contribution in [0.3, 0.4) is 0 Å². The van der Waals surface area contributed by atoms with E-state index in [1.54, 1.807) is 0 Å². The molecule has 88 valence electrons. The quantitative estimate of drug-likeness (QED) is 0.810. The van der Waals surface area contributed by atoms with Crippen LogP contribution in [-0.4, -0.2) is 12.5 Å². The molecule has 0 heterocycles. The number of hydrogen-bond donors (Lipinski definition) is 1. The first-order valence-corrected chi connectivity index (χ1v) is 5.96. The molecule has 1 N–H and O–H groups in total. The molecule has 0 saturated heterocycles. The molecule has 0 aliphatic rings. The van der Waals surface area contributed by atoms with Gasteiger partial charge in [-0.2, -0.15) is 0 Å². The lowest BCUT2D eigenvalue weighted by Gasteiger charge is -2.20. The number of nitrogens with one attached hydrogen (secondary N) is 1. The van der Waals surface area contributed by atoms with E-state index in [1.807, 2.05) is 13.0 Å². The van der Waals surface area contributed by atoms with Crippen LogP contribution in [0, 0.1) is 5.92 Å². The topological polar surface area (TPSA) is 29.1 Å². The van der Waals surface area contributed by atoms with Gasteiger partial charge in [-0.3, -0.25) is 4.79 Å². The molecule has 2 nitrogen and oxygen atoms in total. The van der Waals surface area contributed by atoms with Gasteiger partial charge in [-0.05, 0) is 17.4 Å². The molecule has 0 fully saturated rings. The molecular formula is C14H21NO. The Labute approximate surface area is 98.1 Å². The minimum Gasteiger partial charge on any atom is -0.356 e. The van der Waals surface area contributed by atoms with Crippen molar-refractivity contribution in [1.82, 2.24) is 5.32 Å². The molecule has 0 aliphatic carbocycles. The summed E-state index contributed by atoms with van der Waals surface area (Å²) in [5.41, 5.74) is 1.33. The van der Waals surface area contributed by atoms with Crippen LogP contribution in [0.1, 0.15) is 38.7 Å². The summed E-state index contributed by atoms with van der Waals surface area (Å²) in [4.78, 5) is 11.2. The lowest BCUT2D eigenvalue weighted by Crippen LogP contribution is -2.29. The number of benzene rings is 1. The second kappa shape index (κ2) is 6.31. The Kier molecular flexibility index (Phi) is 5.03. The number of hydrogen-bond acceptors (Lipinski definition) is 1. The van der Waals surface area contributed by atoms with Crippen molar-refractivity contribution in [3.63, 3.8) is 0 Å². The molecule has 1 unspecified atom stereocenters. The molecule has 1 aromatic rings. The third-order valence-electron chi connectivity index (χ3n) is 3.12. The van der Waals surface area contributed by atoms with E-state index in [0.29, 0.717) is 18.3 Å². The predicted octanol–water partition coefficient (Wildman–Crippen LogP) is 2.95. The molecule has 0 radical (unpaired) electrons. The van der Waals surface area contributed by atoms with Crippen LogP contribution >= 0.6 is 0 Å². The SMILES string of the molecule is CCC(=O)NC[C@H](C)C(C)c1ccccc1. The van der Waals surface area contributed by atoms with Crippen molar-refractivity contribution in [2.24, 2.45) is 5.92 Å². The van der Waals surface area contributed by atoms with Gasteiger partial charge < -0.3 is 5.32 Å². The Balaban J connectivity index is 2.48. The fourth-order valence-electron chi connectivity index (χ4n) is 1.66. The second-order valence-corrected chi connectivity index (χ2v) is 4.33. The van der Waals surface area contributed by atoms with Gasteiger partial charge in [-0.25, -0.2) is 0 Å². The largest absolute Gasteiger partial charge is 0.356 e. The van der Waals surface area contributed by atoms with Crippen LogP contribution in [0.15, 0.2) is 30.3 Å². The first-order valence-electron chi connectivity index (χ1n) is 5.96. The van der Waals surface area contributed by atoms with E-state index in [9.17, 15) is 4.79 Å². The molecule has 0 aliphatic heterocycles. The van der Waals surface area contributed by atoms with Crippen molar-refractivity contribution in [2.45, 2.75) is 33.1 Å². The summed E-state index contributed by atoms with van der Waals surface area (Å²) in [6, 6.07) is 10.4. The summed E-state index contributed by atoms with van der Waals surface area (Å²) in [5.74, 6) is 1.06. The molecule has 16 heavy (non-hydrogen) atoms. The molecule has 2 atom stereocenters. The van der Waals surface area contributed by atoms with E-state index in [-0.39, 0.29) is 5.91 Å². The number of amides is 1. The van der Waals surface area contributed by atoms with Gasteiger partial charge in [0.05, 0.1) is 0 Å². The lowest BCUT2D eigenvalue weighted by atomic mass is 9.89. The van der Waals surface area contributed by atoms with Gasteiger partial charge in [-0.15, -0.1) is 0 Å². The number of carbonyl (C=O) groups is 1. The lowest BCUT2D eigenvalue weighted by molar-refractivity contribution is -0.120. The van der Waals surface area contributed by atoms with E-state index in [0.717, 1.165) is 6.54 Å². The van der Waals surface area contributed by atoms with E-state index in [1.165, 1.54) is 5.56 Å². The van der Waals surface area contributed by atoms with Crippen molar-refractivity contribution in [2.75, 3.05) is 6.54 Å². The molecule has 0 aromatic heterocycles. The molecular weight excluding hydrogens is 198 g/mol. The highest BCUT2D eigenvalue weighted by molar-refractivity contribution is 5.75. The molecule has 1 amide bonds. The summed E-state index contributed by atoms with van der Waals surface area (Å²) in [5, 5.41) is 2.94. The minimum atomic E-state index is 0.132. The minimum absolute atomic E-state index is 0.132. The maximum atomic E-state index is 11.2. The highest BCUT2D eigenvalue weighted by atomic mass is 16.1. The third kappa shape index (κ3) is 3.69. The van der Waals surface area contributed by atoms with Crippen LogP contribution in [0.2, 0.25) is 0 Å². The summed E-state index contributed by atoms with van der Waals surface area (Å²) < 4.78 is 0. The molecule has 1 rings (SSSR count). The molecule has 0 bridgehead atoms. The van der Waals surface area contributed by atoms with E-state index in [2.05, 4.69) is 43.4 Å². The Hall–Kier alpha value is -1.31. The van der Waals surface area contributed by atoms with Crippen LogP contribution < -0.4 is 5.32 Å². The summed E-state index contributed by atoms with van der Waals surface area (Å²) in [6.07, 6.45) is 0.562. The Morgan fingerprint density at radius 1 is 1.25 bits per heavy atom. The highest BCUT2D eigenvalue weighted by Crippen LogP contribution is 2.22. The van der Waals surface area contributed by atoms with Gasteiger partial charge in [0.2, 0.25) is 5.91 Å². The Morgan fingerprint density at radius 3 is 2.44 bits per heavy atom. The van der Waals surface area contributed by atoms with Gasteiger partial charge in [0.25, 0.3) is 0 Å². The Morgan fingerprint density at radius 2 is 1.88 bits per heavy atom. The van der Waals surface area contributed by atoms with Crippen LogP contribution in [0.25, 0.3) is 0 Å². The first kappa shape index (κ1) is 12.8. The van der Waals surface area contributed by atoms with E-state index >= 15 is 0 Å². The van der Waals surface area contributed by atoms with Crippen molar-refractivity contribution in [1.29, 1.82) is 0 Å². The average molecular weight is 219 g/mol. The highest BCUT2D eigenvalue weighted by Gasteiger charge is 2.14. The van der Waals surface area contributed by atoms with Gasteiger partial charge >= 0.3 is 0 Å². The zero-order valence-electron chi connectivity index (χ0n) is 10.4. The van der Waals surface area contributed by atoms with E-state index in [4.69, 9.17) is 0 Å². The summed E-state index contributed by atoms with van der Waals surface area (Å²) in [7, 11) is 0.